The Morgan fingerprint density at radius 2 is 1.95 bits per heavy atom. The number of nitrogens with one attached hydrogen (secondary N) is 2. The average molecular weight is 321 g/mol. The number of halogens is 1. The van der Waals surface area contributed by atoms with Gasteiger partial charge in [0.05, 0.1) is 6.54 Å². The Kier molecular flexibility index (Phi) is 5.90. The number of aromatic nitrogens is 1. The van der Waals surface area contributed by atoms with Crippen molar-refractivity contribution in [2.75, 3.05) is 0 Å². The number of fused-ring (bicyclic) bond motifs is 1. The number of aromatic amines is 1. The molecule has 1 aromatic carbocycles. The van der Waals surface area contributed by atoms with Gasteiger partial charge in [-0.1, -0.05) is 38.3 Å². The number of carbonyl (C=O) groups is 1. The Morgan fingerprint density at radius 3 is 2.64 bits per heavy atom. The number of rotatable bonds is 3. The van der Waals surface area contributed by atoms with Gasteiger partial charge in [0.1, 0.15) is 0 Å². The minimum absolute atomic E-state index is 0.190. The molecule has 0 saturated heterocycles. The normalized spacial score (nSPS) is 14.7. The molecule has 0 spiro atoms. The summed E-state index contributed by atoms with van der Waals surface area (Å²) in [5.41, 5.74) is 3.15. The number of carbonyl (C=O) groups excluding carboxylic acids is 1. The SMILES string of the molecule is CC.Cc1cc2[nH]c(CNC(=O)C3CCCC3)cc2cc1Cl. The summed E-state index contributed by atoms with van der Waals surface area (Å²) in [6.45, 7) is 6.55. The van der Waals surface area contributed by atoms with Gasteiger partial charge in [-0.15, -0.1) is 0 Å². The number of benzene rings is 1. The summed E-state index contributed by atoms with van der Waals surface area (Å²) in [7, 11) is 0. The standard InChI is InChI=1S/C16H19ClN2O.C2H6/c1-10-6-15-12(8-14(10)17)7-13(19-15)9-18-16(20)11-4-2-3-5-11;1-2/h6-8,11,19H,2-5,9H2,1H3,(H,18,20);1-2H3. The van der Waals surface area contributed by atoms with Crippen LogP contribution in [0.25, 0.3) is 10.9 Å². The minimum Gasteiger partial charge on any atom is -0.357 e. The van der Waals surface area contributed by atoms with Crippen molar-refractivity contribution in [1.29, 1.82) is 0 Å². The second kappa shape index (κ2) is 7.68. The average Bonchev–Trinajstić information content (AvgIpc) is 3.17. The first-order chi connectivity index (χ1) is 10.6. The van der Waals surface area contributed by atoms with Crippen LogP contribution in [-0.4, -0.2) is 10.9 Å². The van der Waals surface area contributed by atoms with Crippen LogP contribution < -0.4 is 5.32 Å². The smallest absolute Gasteiger partial charge is 0.223 e. The molecule has 1 saturated carbocycles. The molecule has 3 rings (SSSR count). The van der Waals surface area contributed by atoms with Gasteiger partial charge in [-0.05, 0) is 43.5 Å². The first kappa shape index (κ1) is 16.9. The van der Waals surface area contributed by atoms with Gasteiger partial charge in [-0.3, -0.25) is 4.79 Å². The van der Waals surface area contributed by atoms with Crippen molar-refractivity contribution < 1.29 is 4.79 Å². The molecule has 1 fully saturated rings. The molecule has 4 heteroatoms. The predicted octanol–water partition coefficient (Wildman–Crippen LogP) is 4.96. The third-order valence-electron chi connectivity index (χ3n) is 4.13. The highest BCUT2D eigenvalue weighted by molar-refractivity contribution is 6.32. The van der Waals surface area contributed by atoms with Crippen LogP contribution in [-0.2, 0) is 11.3 Å². The third kappa shape index (κ3) is 3.83. The molecule has 1 aliphatic carbocycles. The van der Waals surface area contributed by atoms with Crippen LogP contribution in [0.5, 0.6) is 0 Å². The quantitative estimate of drug-likeness (QED) is 0.824. The van der Waals surface area contributed by atoms with Crippen LogP contribution in [0.3, 0.4) is 0 Å². The Balaban J connectivity index is 0.000000847. The zero-order valence-corrected chi connectivity index (χ0v) is 14.4. The van der Waals surface area contributed by atoms with Crippen molar-refractivity contribution in [2.24, 2.45) is 5.92 Å². The molecule has 22 heavy (non-hydrogen) atoms. The maximum Gasteiger partial charge on any atom is 0.223 e. The van der Waals surface area contributed by atoms with Crippen molar-refractivity contribution in [3.05, 3.63) is 34.5 Å². The Labute approximate surface area is 137 Å². The lowest BCUT2D eigenvalue weighted by molar-refractivity contribution is -0.124. The van der Waals surface area contributed by atoms with Crippen molar-refractivity contribution in [2.45, 2.75) is 53.0 Å². The highest BCUT2D eigenvalue weighted by atomic mass is 35.5. The van der Waals surface area contributed by atoms with Gasteiger partial charge in [0.2, 0.25) is 5.91 Å². The summed E-state index contributed by atoms with van der Waals surface area (Å²) in [4.78, 5) is 15.3. The number of H-pyrrole nitrogens is 1. The van der Waals surface area contributed by atoms with Crippen molar-refractivity contribution in [1.82, 2.24) is 10.3 Å². The van der Waals surface area contributed by atoms with Crippen molar-refractivity contribution >= 4 is 28.4 Å². The van der Waals surface area contributed by atoms with E-state index in [1.54, 1.807) is 0 Å². The molecular formula is C18H25ClN2O. The fourth-order valence-electron chi connectivity index (χ4n) is 2.93. The van der Waals surface area contributed by atoms with Gasteiger partial charge in [0.15, 0.2) is 0 Å². The summed E-state index contributed by atoms with van der Waals surface area (Å²) in [6, 6.07) is 6.06. The highest BCUT2D eigenvalue weighted by Gasteiger charge is 2.22. The van der Waals surface area contributed by atoms with Crippen LogP contribution in [0.4, 0.5) is 0 Å². The molecule has 0 radical (unpaired) electrons. The number of hydrogen-bond donors (Lipinski definition) is 2. The Bertz CT molecular complexity index is 603. The van der Waals surface area contributed by atoms with Crippen LogP contribution in [0.2, 0.25) is 5.02 Å². The van der Waals surface area contributed by atoms with Gasteiger partial charge in [0, 0.05) is 27.5 Å². The monoisotopic (exact) mass is 320 g/mol. The first-order valence-corrected chi connectivity index (χ1v) is 8.57. The van der Waals surface area contributed by atoms with E-state index in [4.69, 9.17) is 11.6 Å². The summed E-state index contributed by atoms with van der Waals surface area (Å²) in [5, 5.41) is 4.89. The fourth-order valence-corrected chi connectivity index (χ4v) is 3.10. The summed E-state index contributed by atoms with van der Waals surface area (Å²) in [5.74, 6) is 0.409. The molecule has 0 bridgehead atoms. The van der Waals surface area contributed by atoms with E-state index in [-0.39, 0.29) is 11.8 Å². The topological polar surface area (TPSA) is 44.9 Å². The van der Waals surface area contributed by atoms with Gasteiger partial charge in [0.25, 0.3) is 0 Å². The first-order valence-electron chi connectivity index (χ1n) is 8.19. The van der Waals surface area contributed by atoms with Gasteiger partial charge < -0.3 is 10.3 Å². The molecule has 1 heterocycles. The second-order valence-electron chi connectivity index (χ2n) is 5.68. The molecule has 3 nitrogen and oxygen atoms in total. The zero-order valence-electron chi connectivity index (χ0n) is 13.6. The van der Waals surface area contributed by atoms with E-state index in [2.05, 4.69) is 16.4 Å². The van der Waals surface area contributed by atoms with E-state index in [9.17, 15) is 4.79 Å². The van der Waals surface area contributed by atoms with E-state index in [1.807, 2.05) is 32.9 Å². The summed E-state index contributed by atoms with van der Waals surface area (Å²) < 4.78 is 0. The molecule has 2 aromatic rings. The highest BCUT2D eigenvalue weighted by Crippen LogP contribution is 2.26. The van der Waals surface area contributed by atoms with E-state index in [0.29, 0.717) is 6.54 Å². The molecule has 0 atom stereocenters. The molecular weight excluding hydrogens is 296 g/mol. The zero-order chi connectivity index (χ0) is 16.1. The number of amides is 1. The number of aryl methyl sites for hydroxylation is 1. The molecule has 1 amide bonds. The Hall–Kier alpha value is -1.48. The summed E-state index contributed by atoms with van der Waals surface area (Å²) in [6.07, 6.45) is 4.44. The van der Waals surface area contributed by atoms with E-state index < -0.39 is 0 Å². The largest absolute Gasteiger partial charge is 0.357 e. The van der Waals surface area contributed by atoms with E-state index >= 15 is 0 Å². The fraction of sp³-hybridized carbons (Fsp3) is 0.500. The second-order valence-corrected chi connectivity index (χ2v) is 6.09. The van der Waals surface area contributed by atoms with Crippen LogP contribution >= 0.6 is 11.6 Å². The van der Waals surface area contributed by atoms with Crippen molar-refractivity contribution in [3.63, 3.8) is 0 Å². The number of hydrogen-bond acceptors (Lipinski definition) is 1. The lowest BCUT2D eigenvalue weighted by Gasteiger charge is -2.09. The van der Waals surface area contributed by atoms with Gasteiger partial charge in [-0.2, -0.15) is 0 Å². The predicted molar refractivity (Wildman–Crippen MR) is 93.2 cm³/mol. The molecule has 1 aliphatic rings. The minimum atomic E-state index is 0.190. The van der Waals surface area contributed by atoms with Gasteiger partial charge in [-0.25, -0.2) is 0 Å². The lowest BCUT2D eigenvalue weighted by Crippen LogP contribution is -2.28. The molecule has 0 unspecified atom stereocenters. The molecule has 2 N–H and O–H groups in total. The summed E-state index contributed by atoms with van der Waals surface area (Å²) >= 11 is 6.13. The lowest BCUT2D eigenvalue weighted by atomic mass is 10.1. The molecule has 1 aromatic heterocycles. The molecule has 0 aliphatic heterocycles. The maximum absolute atomic E-state index is 12.0. The van der Waals surface area contributed by atoms with E-state index in [0.717, 1.165) is 40.0 Å². The van der Waals surface area contributed by atoms with Crippen LogP contribution in [0.1, 0.15) is 50.8 Å². The Morgan fingerprint density at radius 1 is 1.27 bits per heavy atom. The van der Waals surface area contributed by atoms with E-state index in [1.165, 1.54) is 12.8 Å². The van der Waals surface area contributed by atoms with Gasteiger partial charge >= 0.3 is 0 Å². The van der Waals surface area contributed by atoms with Crippen LogP contribution in [0, 0.1) is 12.8 Å². The van der Waals surface area contributed by atoms with Crippen molar-refractivity contribution in [3.8, 4) is 0 Å². The van der Waals surface area contributed by atoms with Crippen LogP contribution in [0.15, 0.2) is 18.2 Å². The third-order valence-corrected chi connectivity index (χ3v) is 4.54. The maximum atomic E-state index is 12.0. The molecule has 120 valence electrons.